The fraction of sp³-hybridized carbons (Fsp3) is 0.368. The van der Waals surface area contributed by atoms with E-state index >= 15 is 0 Å². The number of rotatable bonds is 8. The van der Waals surface area contributed by atoms with Gasteiger partial charge in [0.1, 0.15) is 36.2 Å². The molecule has 0 aliphatic heterocycles. The van der Waals surface area contributed by atoms with Gasteiger partial charge in [0, 0.05) is 16.5 Å². The SMILES string of the molecule is CC(C)(c1c(O)cccc1OCCO)c1c(O)cccc1OCCO. The molecule has 25 heavy (non-hydrogen) atoms. The molecule has 0 heterocycles. The van der Waals surface area contributed by atoms with Crippen LogP contribution in [0.15, 0.2) is 36.4 Å². The molecule has 0 radical (unpaired) electrons. The highest BCUT2D eigenvalue weighted by Crippen LogP contribution is 2.48. The Labute approximate surface area is 146 Å². The molecule has 0 aliphatic rings. The summed E-state index contributed by atoms with van der Waals surface area (Å²) >= 11 is 0. The van der Waals surface area contributed by atoms with Gasteiger partial charge in [0.05, 0.1) is 13.2 Å². The Morgan fingerprint density at radius 3 is 1.52 bits per heavy atom. The highest BCUT2D eigenvalue weighted by Gasteiger charge is 2.35. The minimum atomic E-state index is -0.869. The number of aromatic hydroxyl groups is 2. The summed E-state index contributed by atoms with van der Waals surface area (Å²) in [6.45, 7) is 3.51. The second kappa shape index (κ2) is 8.09. The number of ether oxygens (including phenoxy) is 2. The molecule has 0 spiro atoms. The summed E-state index contributed by atoms with van der Waals surface area (Å²) in [5.41, 5.74) is 0.0734. The Morgan fingerprint density at radius 2 is 1.16 bits per heavy atom. The molecule has 0 fully saturated rings. The Bertz CT molecular complexity index is 652. The van der Waals surface area contributed by atoms with E-state index in [2.05, 4.69) is 0 Å². The molecule has 2 aromatic rings. The Balaban J connectivity index is 2.60. The minimum absolute atomic E-state index is 0.0109. The lowest BCUT2D eigenvalue weighted by Crippen LogP contribution is -2.22. The van der Waals surface area contributed by atoms with Gasteiger partial charge in [0.2, 0.25) is 0 Å². The number of hydrogen-bond acceptors (Lipinski definition) is 6. The predicted molar refractivity (Wildman–Crippen MR) is 93.5 cm³/mol. The van der Waals surface area contributed by atoms with Gasteiger partial charge in [0.25, 0.3) is 0 Å². The van der Waals surface area contributed by atoms with Gasteiger partial charge in [-0.2, -0.15) is 0 Å². The summed E-state index contributed by atoms with van der Waals surface area (Å²) in [6.07, 6.45) is 0. The predicted octanol–water partition coefficient (Wildman–Crippen LogP) is 2.17. The molecule has 6 nitrogen and oxygen atoms in total. The first-order valence-electron chi connectivity index (χ1n) is 8.05. The molecule has 0 saturated heterocycles. The second-order valence-corrected chi connectivity index (χ2v) is 6.07. The van der Waals surface area contributed by atoms with Crippen LogP contribution in [0.25, 0.3) is 0 Å². The standard InChI is InChI=1S/C19H24O6/c1-19(2,17-13(22)5-3-7-15(17)24-11-9-20)18-14(23)6-4-8-16(18)25-12-10-21/h3-8,20-23H,9-12H2,1-2H3. The van der Waals surface area contributed by atoms with Crippen LogP contribution in [0.4, 0.5) is 0 Å². The number of phenolic OH excluding ortho intramolecular Hbond substituents is 2. The molecule has 0 amide bonds. The van der Waals surface area contributed by atoms with Crippen LogP contribution >= 0.6 is 0 Å². The minimum Gasteiger partial charge on any atom is -0.507 e. The average molecular weight is 348 g/mol. The van der Waals surface area contributed by atoms with Crippen molar-refractivity contribution in [2.75, 3.05) is 26.4 Å². The number of phenols is 2. The largest absolute Gasteiger partial charge is 0.507 e. The van der Waals surface area contributed by atoms with Gasteiger partial charge in [0.15, 0.2) is 0 Å². The van der Waals surface area contributed by atoms with Gasteiger partial charge in [-0.1, -0.05) is 26.0 Å². The van der Waals surface area contributed by atoms with Gasteiger partial charge in [-0.15, -0.1) is 0 Å². The highest BCUT2D eigenvalue weighted by molar-refractivity contribution is 5.59. The lowest BCUT2D eigenvalue weighted by atomic mass is 9.76. The van der Waals surface area contributed by atoms with Crippen molar-refractivity contribution in [3.63, 3.8) is 0 Å². The topological polar surface area (TPSA) is 99.4 Å². The fourth-order valence-electron chi connectivity index (χ4n) is 2.97. The van der Waals surface area contributed by atoms with Crippen molar-refractivity contribution in [2.45, 2.75) is 19.3 Å². The van der Waals surface area contributed by atoms with Crippen LogP contribution in [-0.4, -0.2) is 46.9 Å². The van der Waals surface area contributed by atoms with Crippen LogP contribution < -0.4 is 9.47 Å². The Kier molecular flexibility index (Phi) is 6.12. The lowest BCUT2D eigenvalue weighted by molar-refractivity contribution is 0.195. The quantitative estimate of drug-likeness (QED) is 0.583. The molecule has 6 heteroatoms. The van der Waals surface area contributed by atoms with E-state index in [0.717, 1.165) is 0 Å². The zero-order valence-electron chi connectivity index (χ0n) is 14.4. The zero-order chi connectivity index (χ0) is 18.4. The first kappa shape index (κ1) is 18.9. The average Bonchev–Trinajstić information content (AvgIpc) is 2.57. The molecule has 2 rings (SSSR count). The van der Waals surface area contributed by atoms with E-state index < -0.39 is 5.41 Å². The van der Waals surface area contributed by atoms with Crippen molar-refractivity contribution in [3.8, 4) is 23.0 Å². The van der Waals surface area contributed by atoms with Crippen molar-refractivity contribution in [1.82, 2.24) is 0 Å². The number of aliphatic hydroxyl groups excluding tert-OH is 2. The van der Waals surface area contributed by atoms with Crippen molar-refractivity contribution >= 4 is 0 Å². The fourth-order valence-corrected chi connectivity index (χ4v) is 2.97. The van der Waals surface area contributed by atoms with Gasteiger partial charge >= 0.3 is 0 Å². The third kappa shape index (κ3) is 3.97. The molecule has 4 N–H and O–H groups in total. The molecule has 0 saturated carbocycles. The van der Waals surface area contributed by atoms with Crippen LogP contribution in [0.5, 0.6) is 23.0 Å². The molecule has 0 aliphatic carbocycles. The van der Waals surface area contributed by atoms with Crippen molar-refractivity contribution in [3.05, 3.63) is 47.5 Å². The van der Waals surface area contributed by atoms with E-state index in [4.69, 9.17) is 19.7 Å². The van der Waals surface area contributed by atoms with Crippen molar-refractivity contribution in [2.24, 2.45) is 0 Å². The highest BCUT2D eigenvalue weighted by atomic mass is 16.5. The van der Waals surface area contributed by atoms with Gasteiger partial charge in [-0.3, -0.25) is 0 Å². The summed E-state index contributed by atoms with van der Waals surface area (Å²) in [5, 5.41) is 38.9. The van der Waals surface area contributed by atoms with Gasteiger partial charge in [-0.25, -0.2) is 0 Å². The first-order valence-corrected chi connectivity index (χ1v) is 8.05. The van der Waals surface area contributed by atoms with Crippen LogP contribution in [0, 0.1) is 0 Å². The number of aliphatic hydroxyl groups is 2. The first-order chi connectivity index (χ1) is 11.9. The summed E-state index contributed by atoms with van der Waals surface area (Å²) in [5.74, 6) is 0.847. The van der Waals surface area contributed by atoms with Gasteiger partial charge in [-0.05, 0) is 24.3 Å². The van der Waals surface area contributed by atoms with E-state index in [9.17, 15) is 10.2 Å². The Morgan fingerprint density at radius 1 is 0.760 bits per heavy atom. The van der Waals surface area contributed by atoms with Crippen LogP contribution in [0.1, 0.15) is 25.0 Å². The number of hydrogen-bond donors (Lipinski definition) is 4. The molecular weight excluding hydrogens is 324 g/mol. The molecule has 0 atom stereocenters. The lowest BCUT2D eigenvalue weighted by Gasteiger charge is -2.31. The normalized spacial score (nSPS) is 11.4. The summed E-state index contributed by atoms with van der Waals surface area (Å²) < 4.78 is 11.1. The second-order valence-electron chi connectivity index (χ2n) is 6.07. The van der Waals surface area contributed by atoms with Gasteiger partial charge < -0.3 is 29.9 Å². The number of benzene rings is 2. The summed E-state index contributed by atoms with van der Waals surface area (Å²) in [6, 6.07) is 9.76. The molecule has 0 aromatic heterocycles. The molecule has 2 aromatic carbocycles. The molecule has 0 bridgehead atoms. The van der Waals surface area contributed by atoms with Crippen LogP contribution in [-0.2, 0) is 5.41 Å². The van der Waals surface area contributed by atoms with Crippen LogP contribution in [0.3, 0.4) is 0 Å². The third-order valence-corrected chi connectivity index (χ3v) is 3.96. The maximum absolute atomic E-state index is 10.4. The van der Waals surface area contributed by atoms with E-state index in [1.807, 2.05) is 13.8 Å². The van der Waals surface area contributed by atoms with Crippen LogP contribution in [0.2, 0.25) is 0 Å². The molecule has 136 valence electrons. The molecular formula is C19H24O6. The van der Waals surface area contributed by atoms with E-state index in [1.54, 1.807) is 24.3 Å². The van der Waals surface area contributed by atoms with Crippen molar-refractivity contribution < 1.29 is 29.9 Å². The summed E-state index contributed by atoms with van der Waals surface area (Å²) in [7, 11) is 0. The van der Waals surface area contributed by atoms with E-state index in [0.29, 0.717) is 22.6 Å². The maximum atomic E-state index is 10.4. The third-order valence-electron chi connectivity index (χ3n) is 3.96. The van der Waals surface area contributed by atoms with Crippen molar-refractivity contribution in [1.29, 1.82) is 0 Å². The maximum Gasteiger partial charge on any atom is 0.127 e. The summed E-state index contributed by atoms with van der Waals surface area (Å²) in [4.78, 5) is 0. The monoisotopic (exact) mass is 348 g/mol. The smallest absolute Gasteiger partial charge is 0.127 e. The Hall–Kier alpha value is -2.44. The van der Waals surface area contributed by atoms with E-state index in [-0.39, 0.29) is 37.9 Å². The zero-order valence-corrected chi connectivity index (χ0v) is 14.4. The molecule has 0 unspecified atom stereocenters. The van der Waals surface area contributed by atoms with E-state index in [1.165, 1.54) is 12.1 Å².